The summed E-state index contributed by atoms with van der Waals surface area (Å²) < 4.78 is 54.0. The van der Waals surface area contributed by atoms with Crippen LogP contribution < -0.4 is 9.62 Å². The Morgan fingerprint density at radius 3 is 2.37 bits per heavy atom. The van der Waals surface area contributed by atoms with Crippen LogP contribution in [0.15, 0.2) is 53.4 Å². The molecule has 3 rings (SSSR count). The van der Waals surface area contributed by atoms with Crippen molar-refractivity contribution in [3.8, 4) is 0 Å². The van der Waals surface area contributed by atoms with E-state index in [9.17, 15) is 17.2 Å². The Balaban J connectivity index is 1.55. The topological polar surface area (TPSA) is 52.7 Å². The first-order chi connectivity index (χ1) is 12.9. The summed E-state index contributed by atoms with van der Waals surface area (Å²) in [7, 11) is -4.10. The number of hydrogen-bond acceptors (Lipinski definition) is 4. The van der Waals surface area contributed by atoms with Crippen molar-refractivity contribution in [1.29, 1.82) is 0 Å². The van der Waals surface area contributed by atoms with Gasteiger partial charge in [0.25, 0.3) is 0 Å². The third-order valence-corrected chi connectivity index (χ3v) is 6.25. The van der Waals surface area contributed by atoms with Crippen LogP contribution in [0.2, 0.25) is 0 Å². The Labute approximate surface area is 158 Å². The lowest BCUT2D eigenvalue weighted by atomic mass is 10.2. The minimum Gasteiger partial charge on any atom is -0.369 e. The number of anilines is 1. The average Bonchev–Trinajstić information content (AvgIpc) is 2.69. The maximum absolute atomic E-state index is 13.7. The second-order valence-corrected chi connectivity index (χ2v) is 8.37. The molecule has 1 atom stereocenters. The maximum Gasteiger partial charge on any atom is 0.243 e. The number of para-hydroxylation sites is 1. The lowest BCUT2D eigenvalue weighted by Crippen LogP contribution is -2.52. The van der Waals surface area contributed by atoms with Crippen LogP contribution in [0.25, 0.3) is 0 Å². The molecule has 1 saturated heterocycles. The monoisotopic (exact) mass is 395 g/mol. The van der Waals surface area contributed by atoms with Gasteiger partial charge in [0.15, 0.2) is 0 Å². The molecule has 0 amide bonds. The first-order valence-corrected chi connectivity index (χ1v) is 10.3. The third-order valence-electron chi connectivity index (χ3n) is 4.81. The predicted molar refractivity (Wildman–Crippen MR) is 101 cm³/mol. The van der Waals surface area contributed by atoms with Gasteiger partial charge in [-0.15, -0.1) is 0 Å². The highest BCUT2D eigenvalue weighted by Gasteiger charge is 2.24. The summed E-state index contributed by atoms with van der Waals surface area (Å²) in [5, 5.41) is 0. The van der Waals surface area contributed by atoms with E-state index in [1.54, 1.807) is 0 Å². The molecule has 0 spiro atoms. The largest absolute Gasteiger partial charge is 0.369 e. The molecule has 1 N–H and O–H groups in total. The minimum absolute atomic E-state index is 0.0608. The van der Waals surface area contributed by atoms with Gasteiger partial charge in [0.05, 0.1) is 0 Å². The number of halogens is 2. The molecule has 1 fully saturated rings. The Kier molecular flexibility index (Phi) is 6.08. The summed E-state index contributed by atoms with van der Waals surface area (Å²) in [5.74, 6) is -1.75. The van der Waals surface area contributed by atoms with Crippen LogP contribution in [-0.2, 0) is 10.0 Å². The van der Waals surface area contributed by atoms with E-state index in [0.717, 1.165) is 38.3 Å². The summed E-state index contributed by atoms with van der Waals surface area (Å²) in [6.45, 7) is 5.34. The van der Waals surface area contributed by atoms with E-state index in [4.69, 9.17) is 0 Å². The number of nitrogens with one attached hydrogen (secondary N) is 1. The zero-order chi connectivity index (χ0) is 19.4. The van der Waals surface area contributed by atoms with E-state index < -0.39 is 26.6 Å². The number of hydrogen-bond donors (Lipinski definition) is 1. The molecule has 27 heavy (non-hydrogen) atoms. The van der Waals surface area contributed by atoms with E-state index in [-0.39, 0.29) is 12.6 Å². The molecule has 1 heterocycles. The molecule has 8 heteroatoms. The van der Waals surface area contributed by atoms with E-state index >= 15 is 0 Å². The Hall–Kier alpha value is -2.03. The number of sulfonamides is 1. The van der Waals surface area contributed by atoms with Gasteiger partial charge >= 0.3 is 0 Å². The molecule has 0 aromatic heterocycles. The summed E-state index contributed by atoms with van der Waals surface area (Å²) >= 11 is 0. The lowest BCUT2D eigenvalue weighted by molar-refractivity contribution is 0.198. The molecule has 1 aliphatic rings. The van der Waals surface area contributed by atoms with Crippen molar-refractivity contribution in [2.45, 2.75) is 17.9 Å². The first-order valence-electron chi connectivity index (χ1n) is 8.85. The SMILES string of the molecule is CC(CNS(=O)(=O)c1cc(F)ccc1F)N1CCN(c2ccccc2)CC1. The highest BCUT2D eigenvalue weighted by molar-refractivity contribution is 7.89. The molecule has 146 valence electrons. The van der Waals surface area contributed by atoms with Crippen LogP contribution in [0.3, 0.4) is 0 Å². The van der Waals surface area contributed by atoms with E-state index in [2.05, 4.69) is 26.7 Å². The van der Waals surface area contributed by atoms with Crippen molar-refractivity contribution < 1.29 is 17.2 Å². The number of nitrogens with zero attached hydrogens (tertiary/aromatic N) is 2. The molecule has 0 bridgehead atoms. The highest BCUT2D eigenvalue weighted by Crippen LogP contribution is 2.18. The second kappa shape index (κ2) is 8.33. The predicted octanol–water partition coefficient (Wildman–Crippen LogP) is 2.45. The fourth-order valence-electron chi connectivity index (χ4n) is 3.18. The Morgan fingerprint density at radius 2 is 1.70 bits per heavy atom. The lowest BCUT2D eigenvalue weighted by Gasteiger charge is -2.39. The van der Waals surface area contributed by atoms with Crippen molar-refractivity contribution in [1.82, 2.24) is 9.62 Å². The van der Waals surface area contributed by atoms with Crippen LogP contribution in [-0.4, -0.2) is 52.1 Å². The quantitative estimate of drug-likeness (QED) is 0.816. The van der Waals surface area contributed by atoms with Gasteiger partial charge in [-0.05, 0) is 37.3 Å². The summed E-state index contributed by atoms with van der Waals surface area (Å²) in [6, 6.07) is 12.5. The molecule has 0 radical (unpaired) electrons. The number of benzene rings is 2. The molecular formula is C19H23F2N3O2S. The molecule has 5 nitrogen and oxygen atoms in total. The normalized spacial score (nSPS) is 17.1. The molecule has 2 aromatic rings. The zero-order valence-corrected chi connectivity index (χ0v) is 15.9. The fourth-order valence-corrected chi connectivity index (χ4v) is 4.39. The van der Waals surface area contributed by atoms with E-state index in [0.29, 0.717) is 6.07 Å². The first kappa shape index (κ1) is 19.7. The van der Waals surface area contributed by atoms with Gasteiger partial charge in [-0.25, -0.2) is 21.9 Å². The van der Waals surface area contributed by atoms with Crippen LogP contribution >= 0.6 is 0 Å². The van der Waals surface area contributed by atoms with Gasteiger partial charge in [-0.1, -0.05) is 18.2 Å². The molecule has 0 aliphatic carbocycles. The fraction of sp³-hybridized carbons (Fsp3) is 0.368. The van der Waals surface area contributed by atoms with Crippen LogP contribution in [0, 0.1) is 11.6 Å². The van der Waals surface area contributed by atoms with Crippen LogP contribution in [0.4, 0.5) is 14.5 Å². The average molecular weight is 395 g/mol. The van der Waals surface area contributed by atoms with Gasteiger partial charge < -0.3 is 4.90 Å². The second-order valence-electron chi connectivity index (χ2n) is 6.63. The van der Waals surface area contributed by atoms with Gasteiger partial charge in [0.2, 0.25) is 10.0 Å². The van der Waals surface area contributed by atoms with Gasteiger partial charge in [0.1, 0.15) is 16.5 Å². The maximum atomic E-state index is 13.7. The molecule has 0 saturated carbocycles. The molecule has 1 aliphatic heterocycles. The van der Waals surface area contributed by atoms with Crippen molar-refractivity contribution in [3.05, 3.63) is 60.2 Å². The van der Waals surface area contributed by atoms with Gasteiger partial charge in [-0.3, -0.25) is 4.90 Å². The standard InChI is InChI=1S/C19H23F2N3O2S/c1-15(14-22-27(25,26)19-13-16(20)7-8-18(19)21)23-9-11-24(12-10-23)17-5-3-2-4-6-17/h2-8,13,15,22H,9-12,14H2,1H3. The number of rotatable bonds is 6. The van der Waals surface area contributed by atoms with Gasteiger partial charge in [-0.2, -0.15) is 0 Å². The Bertz CT molecular complexity index is 870. The van der Waals surface area contributed by atoms with Crippen LogP contribution in [0.5, 0.6) is 0 Å². The molecule has 2 aromatic carbocycles. The van der Waals surface area contributed by atoms with E-state index in [1.165, 1.54) is 5.69 Å². The molecular weight excluding hydrogens is 372 g/mol. The van der Waals surface area contributed by atoms with Crippen molar-refractivity contribution in [3.63, 3.8) is 0 Å². The summed E-state index contributed by atoms with van der Waals surface area (Å²) in [6.07, 6.45) is 0. The smallest absolute Gasteiger partial charge is 0.243 e. The van der Waals surface area contributed by atoms with Gasteiger partial charge in [0, 0.05) is 44.5 Å². The third kappa shape index (κ3) is 4.82. The zero-order valence-electron chi connectivity index (χ0n) is 15.1. The minimum atomic E-state index is -4.10. The number of piperazine rings is 1. The summed E-state index contributed by atoms with van der Waals surface area (Å²) in [5.41, 5.74) is 1.17. The van der Waals surface area contributed by atoms with Crippen molar-refractivity contribution in [2.24, 2.45) is 0 Å². The van der Waals surface area contributed by atoms with Crippen molar-refractivity contribution in [2.75, 3.05) is 37.6 Å². The highest BCUT2D eigenvalue weighted by atomic mass is 32.2. The van der Waals surface area contributed by atoms with Crippen LogP contribution in [0.1, 0.15) is 6.92 Å². The Morgan fingerprint density at radius 1 is 1.04 bits per heavy atom. The molecule has 1 unspecified atom stereocenters. The summed E-state index contributed by atoms with van der Waals surface area (Å²) in [4.78, 5) is 3.81. The van der Waals surface area contributed by atoms with E-state index in [1.807, 2.05) is 25.1 Å². The van der Waals surface area contributed by atoms with Crippen molar-refractivity contribution >= 4 is 15.7 Å².